The molecule has 0 bridgehead atoms. The summed E-state index contributed by atoms with van der Waals surface area (Å²) in [4.78, 5) is 13.9. The van der Waals surface area contributed by atoms with Gasteiger partial charge in [-0.1, -0.05) is 29.8 Å². The molecule has 0 aliphatic carbocycles. The number of hydrogen-bond acceptors (Lipinski definition) is 4. The maximum absolute atomic E-state index is 11.7. The molecule has 4 heteroatoms. The summed E-state index contributed by atoms with van der Waals surface area (Å²) in [6, 6.07) is 10.3. The first-order valence-electron chi connectivity index (χ1n) is 7.52. The van der Waals surface area contributed by atoms with E-state index in [1.807, 2.05) is 38.1 Å². The van der Waals surface area contributed by atoms with Crippen molar-refractivity contribution < 1.29 is 9.53 Å². The number of benzene rings is 1. The molecule has 1 heterocycles. The molecule has 1 fully saturated rings. The number of hydrogen-bond donors (Lipinski definition) is 0. The lowest BCUT2D eigenvalue weighted by Gasteiger charge is -2.33. The van der Waals surface area contributed by atoms with Crippen molar-refractivity contribution in [2.45, 2.75) is 32.7 Å². The van der Waals surface area contributed by atoms with Gasteiger partial charge in [0.05, 0.1) is 18.6 Å². The third-order valence-electron chi connectivity index (χ3n) is 4.03. The molecule has 0 unspecified atom stereocenters. The molecule has 0 spiro atoms. The van der Waals surface area contributed by atoms with E-state index < -0.39 is 0 Å². The fourth-order valence-corrected chi connectivity index (χ4v) is 2.77. The predicted octanol–water partition coefficient (Wildman–Crippen LogP) is 2.83. The van der Waals surface area contributed by atoms with Crippen LogP contribution in [-0.2, 0) is 9.53 Å². The van der Waals surface area contributed by atoms with E-state index >= 15 is 0 Å². The third kappa shape index (κ3) is 3.83. The van der Waals surface area contributed by atoms with Crippen LogP contribution in [0.1, 0.15) is 36.9 Å². The van der Waals surface area contributed by atoms with Gasteiger partial charge in [0, 0.05) is 13.1 Å². The van der Waals surface area contributed by atoms with Crippen molar-refractivity contribution in [2.24, 2.45) is 5.92 Å². The second kappa shape index (κ2) is 7.24. The summed E-state index contributed by atoms with van der Waals surface area (Å²) >= 11 is 0. The SMILES string of the molecule is CCOC(=O)C1CCN([C@H](C#N)c2ccc(C)cc2)CC1. The van der Waals surface area contributed by atoms with Gasteiger partial charge in [-0.3, -0.25) is 9.69 Å². The summed E-state index contributed by atoms with van der Waals surface area (Å²) < 4.78 is 5.08. The molecule has 2 rings (SSSR count). The summed E-state index contributed by atoms with van der Waals surface area (Å²) in [5.41, 5.74) is 2.22. The molecule has 21 heavy (non-hydrogen) atoms. The van der Waals surface area contributed by atoms with Crippen molar-refractivity contribution in [2.75, 3.05) is 19.7 Å². The minimum atomic E-state index is -0.228. The highest BCUT2D eigenvalue weighted by molar-refractivity contribution is 5.72. The van der Waals surface area contributed by atoms with Crippen molar-refractivity contribution in [3.63, 3.8) is 0 Å². The van der Waals surface area contributed by atoms with Gasteiger partial charge in [0.1, 0.15) is 6.04 Å². The molecule has 0 aromatic heterocycles. The quantitative estimate of drug-likeness (QED) is 0.799. The van der Waals surface area contributed by atoms with Crippen LogP contribution in [0.4, 0.5) is 0 Å². The van der Waals surface area contributed by atoms with E-state index in [1.165, 1.54) is 5.56 Å². The van der Waals surface area contributed by atoms with E-state index in [4.69, 9.17) is 4.74 Å². The van der Waals surface area contributed by atoms with Crippen LogP contribution in [0, 0.1) is 24.2 Å². The van der Waals surface area contributed by atoms with Gasteiger partial charge in [0.2, 0.25) is 0 Å². The highest BCUT2D eigenvalue weighted by Gasteiger charge is 2.30. The van der Waals surface area contributed by atoms with Crippen LogP contribution in [0.2, 0.25) is 0 Å². The Morgan fingerprint density at radius 3 is 2.52 bits per heavy atom. The predicted molar refractivity (Wildman–Crippen MR) is 80.5 cm³/mol. The third-order valence-corrected chi connectivity index (χ3v) is 4.03. The monoisotopic (exact) mass is 286 g/mol. The van der Waals surface area contributed by atoms with E-state index in [-0.39, 0.29) is 17.9 Å². The molecule has 4 nitrogen and oxygen atoms in total. The standard InChI is InChI=1S/C17H22N2O2/c1-3-21-17(20)15-8-10-19(11-9-15)16(12-18)14-6-4-13(2)5-7-14/h4-7,15-16H,3,8-11H2,1-2H3/t16-/m1/s1. The first-order valence-corrected chi connectivity index (χ1v) is 7.52. The average Bonchev–Trinajstić information content (AvgIpc) is 2.51. The second-order valence-corrected chi connectivity index (χ2v) is 5.50. The van der Waals surface area contributed by atoms with Gasteiger partial charge in [0.25, 0.3) is 0 Å². The summed E-state index contributed by atoms with van der Waals surface area (Å²) in [5.74, 6) is -0.112. The number of esters is 1. The Labute approximate surface area is 126 Å². The molecule has 1 saturated heterocycles. The molecule has 1 aliphatic heterocycles. The highest BCUT2D eigenvalue weighted by Crippen LogP contribution is 2.27. The fraction of sp³-hybridized carbons (Fsp3) is 0.529. The summed E-state index contributed by atoms with van der Waals surface area (Å²) in [5, 5.41) is 9.48. The largest absolute Gasteiger partial charge is 0.466 e. The van der Waals surface area contributed by atoms with Gasteiger partial charge >= 0.3 is 5.97 Å². The molecular formula is C17H22N2O2. The molecule has 0 N–H and O–H groups in total. The molecule has 1 aromatic rings. The minimum absolute atomic E-state index is 0.0152. The summed E-state index contributed by atoms with van der Waals surface area (Å²) in [7, 11) is 0. The van der Waals surface area contributed by atoms with Crippen LogP contribution < -0.4 is 0 Å². The van der Waals surface area contributed by atoms with Crippen LogP contribution in [0.5, 0.6) is 0 Å². The summed E-state index contributed by atoms with van der Waals surface area (Å²) in [6.07, 6.45) is 1.53. The molecule has 0 radical (unpaired) electrons. The number of aryl methyl sites for hydroxylation is 1. The van der Waals surface area contributed by atoms with Crippen LogP contribution in [-0.4, -0.2) is 30.6 Å². The van der Waals surface area contributed by atoms with Crippen LogP contribution >= 0.6 is 0 Å². The van der Waals surface area contributed by atoms with Gasteiger partial charge in [-0.25, -0.2) is 0 Å². The number of carbonyl (C=O) groups is 1. The fourth-order valence-electron chi connectivity index (χ4n) is 2.77. The van der Waals surface area contributed by atoms with Crippen molar-refractivity contribution in [1.82, 2.24) is 4.90 Å². The lowest BCUT2D eigenvalue weighted by molar-refractivity contribution is -0.149. The van der Waals surface area contributed by atoms with Crippen LogP contribution in [0.3, 0.4) is 0 Å². The van der Waals surface area contributed by atoms with Gasteiger partial charge in [-0.15, -0.1) is 0 Å². The first-order chi connectivity index (χ1) is 10.2. The van der Waals surface area contributed by atoms with Crippen molar-refractivity contribution in [3.8, 4) is 6.07 Å². The van der Waals surface area contributed by atoms with E-state index in [9.17, 15) is 10.1 Å². The Kier molecular flexibility index (Phi) is 5.35. The number of nitrogens with zero attached hydrogens (tertiary/aromatic N) is 2. The Bertz CT molecular complexity index is 511. The van der Waals surface area contributed by atoms with Gasteiger partial charge < -0.3 is 4.74 Å². The van der Waals surface area contributed by atoms with Crippen molar-refractivity contribution in [1.29, 1.82) is 5.26 Å². The first kappa shape index (κ1) is 15.5. The Morgan fingerprint density at radius 1 is 1.38 bits per heavy atom. The van der Waals surface area contributed by atoms with Gasteiger partial charge in [0.15, 0.2) is 0 Å². The maximum atomic E-state index is 11.7. The minimum Gasteiger partial charge on any atom is -0.466 e. The summed E-state index contributed by atoms with van der Waals surface area (Å²) in [6.45, 7) is 5.82. The molecule has 0 amide bonds. The maximum Gasteiger partial charge on any atom is 0.309 e. The van der Waals surface area contributed by atoms with Gasteiger partial charge in [-0.05, 0) is 32.3 Å². The number of piperidine rings is 1. The number of rotatable bonds is 4. The van der Waals surface area contributed by atoms with Crippen molar-refractivity contribution in [3.05, 3.63) is 35.4 Å². The molecular weight excluding hydrogens is 264 g/mol. The number of carbonyl (C=O) groups excluding carboxylic acids is 1. The van der Waals surface area contributed by atoms with Crippen LogP contribution in [0.15, 0.2) is 24.3 Å². The zero-order chi connectivity index (χ0) is 15.2. The Morgan fingerprint density at radius 2 is 2.00 bits per heavy atom. The molecule has 0 saturated carbocycles. The lowest BCUT2D eigenvalue weighted by atomic mass is 9.94. The smallest absolute Gasteiger partial charge is 0.309 e. The molecule has 1 aromatic carbocycles. The highest BCUT2D eigenvalue weighted by atomic mass is 16.5. The molecule has 112 valence electrons. The Balaban J connectivity index is 1.98. The van der Waals surface area contributed by atoms with Crippen LogP contribution in [0.25, 0.3) is 0 Å². The van der Waals surface area contributed by atoms with E-state index in [0.717, 1.165) is 31.5 Å². The zero-order valence-electron chi connectivity index (χ0n) is 12.7. The average molecular weight is 286 g/mol. The van der Waals surface area contributed by atoms with E-state index in [0.29, 0.717) is 6.61 Å². The lowest BCUT2D eigenvalue weighted by Crippen LogP contribution is -2.38. The second-order valence-electron chi connectivity index (χ2n) is 5.50. The molecule has 1 atom stereocenters. The normalized spacial score (nSPS) is 18.0. The number of likely N-dealkylation sites (tertiary alicyclic amines) is 1. The number of nitriles is 1. The van der Waals surface area contributed by atoms with Gasteiger partial charge in [-0.2, -0.15) is 5.26 Å². The number of ether oxygens (including phenoxy) is 1. The topological polar surface area (TPSA) is 53.3 Å². The van der Waals surface area contributed by atoms with E-state index in [1.54, 1.807) is 0 Å². The Hall–Kier alpha value is -1.86. The zero-order valence-corrected chi connectivity index (χ0v) is 12.7. The van der Waals surface area contributed by atoms with E-state index in [2.05, 4.69) is 11.0 Å². The van der Waals surface area contributed by atoms with Crippen molar-refractivity contribution >= 4 is 5.97 Å². The molecule has 1 aliphatic rings.